The number of allylic oxidation sites excluding steroid dienone is 2. The zero-order valence-electron chi connectivity index (χ0n) is 14.6. The minimum absolute atomic E-state index is 0.665. The van der Waals surface area contributed by atoms with Crippen LogP contribution in [-0.4, -0.2) is 29.9 Å². The fourth-order valence-corrected chi connectivity index (χ4v) is 3.12. The van der Waals surface area contributed by atoms with Crippen molar-refractivity contribution in [1.29, 1.82) is 0 Å². The summed E-state index contributed by atoms with van der Waals surface area (Å²) >= 11 is 0. The number of carbonyl (C=O) groups is 1. The Kier molecular flexibility index (Phi) is 5.34. The first-order chi connectivity index (χ1) is 12.7. The summed E-state index contributed by atoms with van der Waals surface area (Å²) in [4.78, 5) is 10.8. The maximum Gasteiger partial charge on any atom is 0.150 e. The van der Waals surface area contributed by atoms with E-state index in [1.807, 2.05) is 18.2 Å². The van der Waals surface area contributed by atoms with E-state index in [1.54, 1.807) is 12.1 Å². The third kappa shape index (κ3) is 3.46. The van der Waals surface area contributed by atoms with Gasteiger partial charge < -0.3 is 5.11 Å². The van der Waals surface area contributed by atoms with Gasteiger partial charge in [0.25, 0.3) is 0 Å². The van der Waals surface area contributed by atoms with Crippen molar-refractivity contribution in [2.75, 3.05) is 7.11 Å². The fraction of sp³-hybridized carbons (Fsp3) is 0.136. The average molecular weight is 344 g/mol. The average Bonchev–Trinajstić information content (AvgIpc) is 3.19. The van der Waals surface area contributed by atoms with Crippen molar-refractivity contribution in [1.82, 2.24) is 0 Å². The van der Waals surface area contributed by atoms with Crippen LogP contribution in [0, 0.1) is 0 Å². The fourth-order valence-electron chi connectivity index (χ4n) is 3.12. The molecule has 0 aromatic heterocycles. The second-order valence-corrected chi connectivity index (χ2v) is 6.05. The van der Waals surface area contributed by atoms with Gasteiger partial charge in [-0.15, -0.1) is 0 Å². The molecule has 1 N–H and O–H groups in total. The molecule has 2 aromatic rings. The molecular formula is C22H20N2O2. The maximum absolute atomic E-state index is 10.8. The quantitative estimate of drug-likeness (QED) is 0.860. The normalized spacial score (nSPS) is 15.2. The molecular weight excluding hydrogens is 324 g/mol. The highest BCUT2D eigenvalue weighted by molar-refractivity contribution is 6.23. The molecule has 0 unspecified atom stereocenters. The number of nitrogens with zero attached hydrogens (tertiary/aromatic N) is 2. The van der Waals surface area contributed by atoms with E-state index >= 15 is 0 Å². The van der Waals surface area contributed by atoms with E-state index in [0.29, 0.717) is 12.0 Å². The molecule has 1 heterocycles. The number of aliphatic hydroxyl groups is 1. The van der Waals surface area contributed by atoms with E-state index in [0.717, 1.165) is 47.9 Å². The molecule has 4 rings (SSSR count). The van der Waals surface area contributed by atoms with Gasteiger partial charge in [-0.1, -0.05) is 55.1 Å². The van der Waals surface area contributed by atoms with Crippen LogP contribution in [0.3, 0.4) is 0 Å². The summed E-state index contributed by atoms with van der Waals surface area (Å²) in [6, 6.07) is 15.8. The zero-order chi connectivity index (χ0) is 18.5. The van der Waals surface area contributed by atoms with Crippen molar-refractivity contribution in [2.24, 2.45) is 10.2 Å². The number of hydrogen-bond donors (Lipinski definition) is 1. The van der Waals surface area contributed by atoms with Crippen LogP contribution in [0.2, 0.25) is 0 Å². The van der Waals surface area contributed by atoms with Crippen LogP contribution in [0.1, 0.15) is 33.5 Å². The lowest BCUT2D eigenvalue weighted by Crippen LogP contribution is -2.12. The lowest BCUT2D eigenvalue weighted by molar-refractivity contribution is 0.112. The minimum atomic E-state index is 0.665. The standard InChI is InChI=1S/C21H16N2O.CH4O/c1-14-10-17-4-2-3-5-18(17)11-19(14)21-12-20(22-23-21)16-8-6-15(13-24)7-9-16;1-2/h2-9,11,13H,1,10,12H2;2H,1H3. The summed E-state index contributed by atoms with van der Waals surface area (Å²) in [6.07, 6.45) is 4.54. The highest BCUT2D eigenvalue weighted by Crippen LogP contribution is 2.30. The molecule has 0 saturated carbocycles. The molecule has 0 amide bonds. The third-order valence-electron chi connectivity index (χ3n) is 4.46. The molecule has 0 radical (unpaired) electrons. The van der Waals surface area contributed by atoms with Crippen LogP contribution in [0.5, 0.6) is 0 Å². The maximum atomic E-state index is 10.8. The summed E-state index contributed by atoms with van der Waals surface area (Å²) in [7, 11) is 1.00. The van der Waals surface area contributed by atoms with Crippen LogP contribution in [-0.2, 0) is 6.42 Å². The highest BCUT2D eigenvalue weighted by atomic mass is 16.2. The van der Waals surface area contributed by atoms with Gasteiger partial charge in [0.15, 0.2) is 0 Å². The van der Waals surface area contributed by atoms with E-state index in [4.69, 9.17) is 5.11 Å². The Labute approximate surface area is 152 Å². The Morgan fingerprint density at radius 3 is 2.38 bits per heavy atom. The molecule has 0 atom stereocenters. The number of aliphatic hydroxyl groups excluding tert-OH is 1. The molecule has 0 saturated heterocycles. The predicted molar refractivity (Wildman–Crippen MR) is 106 cm³/mol. The van der Waals surface area contributed by atoms with Crippen LogP contribution in [0.15, 0.2) is 76.5 Å². The SMILES string of the molecule is C=C1Cc2ccccc2C=C1C1=NN=C(c2ccc(C=O)cc2)C1.CO. The first-order valence-electron chi connectivity index (χ1n) is 8.36. The molecule has 2 aromatic carbocycles. The predicted octanol–water partition coefficient (Wildman–Crippen LogP) is 3.85. The Morgan fingerprint density at radius 1 is 0.962 bits per heavy atom. The van der Waals surface area contributed by atoms with Crippen LogP contribution in [0.4, 0.5) is 0 Å². The third-order valence-corrected chi connectivity index (χ3v) is 4.46. The van der Waals surface area contributed by atoms with Crippen molar-refractivity contribution in [3.05, 3.63) is 88.5 Å². The van der Waals surface area contributed by atoms with Gasteiger partial charge in [0.2, 0.25) is 0 Å². The zero-order valence-corrected chi connectivity index (χ0v) is 14.6. The summed E-state index contributed by atoms with van der Waals surface area (Å²) in [5.41, 5.74) is 8.26. The number of carbonyl (C=O) groups excluding carboxylic acids is 1. The number of benzene rings is 2. The smallest absolute Gasteiger partial charge is 0.150 e. The Bertz CT molecular complexity index is 935. The molecule has 26 heavy (non-hydrogen) atoms. The van der Waals surface area contributed by atoms with Crippen molar-refractivity contribution in [2.45, 2.75) is 12.8 Å². The first kappa shape index (κ1) is 17.7. The van der Waals surface area contributed by atoms with Crippen molar-refractivity contribution in [3.63, 3.8) is 0 Å². The first-order valence-corrected chi connectivity index (χ1v) is 8.36. The largest absolute Gasteiger partial charge is 0.400 e. The molecule has 0 spiro atoms. The van der Waals surface area contributed by atoms with E-state index in [2.05, 4.69) is 41.1 Å². The monoisotopic (exact) mass is 344 g/mol. The Hall–Kier alpha value is -3.11. The van der Waals surface area contributed by atoms with Crippen LogP contribution >= 0.6 is 0 Å². The van der Waals surface area contributed by atoms with Gasteiger partial charge in [-0.05, 0) is 34.8 Å². The Balaban J connectivity index is 0.000000948. The van der Waals surface area contributed by atoms with Gasteiger partial charge in [-0.25, -0.2) is 0 Å². The number of aldehydes is 1. The molecule has 4 nitrogen and oxygen atoms in total. The summed E-state index contributed by atoms with van der Waals surface area (Å²) in [5, 5.41) is 15.7. The van der Waals surface area contributed by atoms with Crippen molar-refractivity contribution < 1.29 is 9.90 Å². The van der Waals surface area contributed by atoms with Gasteiger partial charge in [-0.3, -0.25) is 4.79 Å². The van der Waals surface area contributed by atoms with Crippen LogP contribution in [0.25, 0.3) is 6.08 Å². The molecule has 1 aliphatic carbocycles. The van der Waals surface area contributed by atoms with Crippen molar-refractivity contribution in [3.8, 4) is 0 Å². The summed E-state index contributed by atoms with van der Waals surface area (Å²) in [6.45, 7) is 4.22. The Morgan fingerprint density at radius 2 is 1.65 bits per heavy atom. The second kappa shape index (κ2) is 7.85. The number of fused-ring (bicyclic) bond motifs is 1. The number of rotatable bonds is 3. The highest BCUT2D eigenvalue weighted by Gasteiger charge is 2.22. The minimum Gasteiger partial charge on any atom is -0.400 e. The lowest BCUT2D eigenvalue weighted by atomic mass is 9.85. The molecule has 130 valence electrons. The van der Waals surface area contributed by atoms with Gasteiger partial charge in [0, 0.05) is 24.7 Å². The van der Waals surface area contributed by atoms with Gasteiger partial charge in [-0.2, -0.15) is 10.2 Å². The van der Waals surface area contributed by atoms with E-state index in [9.17, 15) is 4.79 Å². The van der Waals surface area contributed by atoms with E-state index in [-0.39, 0.29) is 0 Å². The molecule has 2 aliphatic rings. The van der Waals surface area contributed by atoms with E-state index in [1.165, 1.54) is 11.1 Å². The number of hydrogen-bond acceptors (Lipinski definition) is 4. The molecule has 1 aliphatic heterocycles. The molecule has 0 fully saturated rings. The van der Waals surface area contributed by atoms with E-state index < -0.39 is 0 Å². The summed E-state index contributed by atoms with van der Waals surface area (Å²) < 4.78 is 0. The lowest BCUT2D eigenvalue weighted by Gasteiger charge is -2.18. The van der Waals surface area contributed by atoms with Gasteiger partial charge >= 0.3 is 0 Å². The van der Waals surface area contributed by atoms with Crippen molar-refractivity contribution >= 4 is 23.8 Å². The van der Waals surface area contributed by atoms with Gasteiger partial charge in [0.1, 0.15) is 6.29 Å². The van der Waals surface area contributed by atoms with Crippen LogP contribution < -0.4 is 0 Å². The topological polar surface area (TPSA) is 62.0 Å². The van der Waals surface area contributed by atoms with Gasteiger partial charge in [0.05, 0.1) is 11.4 Å². The summed E-state index contributed by atoms with van der Waals surface area (Å²) in [5.74, 6) is 0. The molecule has 0 bridgehead atoms. The second-order valence-electron chi connectivity index (χ2n) is 6.05. The molecule has 4 heteroatoms.